The summed E-state index contributed by atoms with van der Waals surface area (Å²) in [5.41, 5.74) is 1.52. The van der Waals surface area contributed by atoms with Crippen LogP contribution in [0.1, 0.15) is 28.4 Å². The van der Waals surface area contributed by atoms with Crippen molar-refractivity contribution in [3.63, 3.8) is 0 Å². The Balaban J connectivity index is 1.87. The SMILES string of the molecule is O=C(CC(c1ccccc1)n1cccn1)c1ccc(F)cc1. The Hall–Kier alpha value is -2.75. The standard InChI is InChI=1S/C18H15FN2O/c19-16-9-7-15(8-10-16)18(22)13-17(21-12-4-11-20-21)14-5-2-1-3-6-14/h1-12,17H,13H2. The molecule has 110 valence electrons. The number of nitrogens with zero attached hydrogens (tertiary/aromatic N) is 2. The molecule has 0 amide bonds. The molecule has 1 atom stereocenters. The van der Waals surface area contributed by atoms with Gasteiger partial charge in [-0.2, -0.15) is 5.10 Å². The number of rotatable bonds is 5. The number of Topliss-reactive ketones (excluding diaryl/α,β-unsaturated/α-hetero) is 1. The minimum absolute atomic E-state index is 0.0376. The predicted molar refractivity (Wildman–Crippen MR) is 82.2 cm³/mol. The molecule has 1 unspecified atom stereocenters. The maximum atomic E-state index is 13.0. The van der Waals surface area contributed by atoms with Crippen molar-refractivity contribution in [2.45, 2.75) is 12.5 Å². The maximum Gasteiger partial charge on any atom is 0.165 e. The first-order valence-corrected chi connectivity index (χ1v) is 7.07. The number of hydrogen-bond acceptors (Lipinski definition) is 2. The summed E-state index contributed by atoms with van der Waals surface area (Å²) in [6.45, 7) is 0. The highest BCUT2D eigenvalue weighted by atomic mass is 19.1. The molecule has 3 rings (SSSR count). The Morgan fingerprint density at radius 2 is 1.77 bits per heavy atom. The number of aromatic nitrogens is 2. The third kappa shape index (κ3) is 3.11. The summed E-state index contributed by atoms with van der Waals surface area (Å²) in [7, 11) is 0. The van der Waals surface area contributed by atoms with E-state index in [-0.39, 0.29) is 24.1 Å². The molecule has 2 aromatic carbocycles. The van der Waals surface area contributed by atoms with Gasteiger partial charge in [-0.05, 0) is 35.9 Å². The molecule has 0 spiro atoms. The predicted octanol–water partition coefficient (Wildman–Crippen LogP) is 3.88. The van der Waals surface area contributed by atoms with Gasteiger partial charge in [0.1, 0.15) is 5.82 Å². The lowest BCUT2D eigenvalue weighted by Gasteiger charge is -2.17. The molecule has 0 radical (unpaired) electrons. The zero-order valence-corrected chi connectivity index (χ0v) is 11.9. The molecule has 1 heterocycles. The molecule has 1 aromatic heterocycles. The average Bonchev–Trinajstić information content (AvgIpc) is 3.08. The lowest BCUT2D eigenvalue weighted by molar-refractivity contribution is 0.0967. The summed E-state index contributed by atoms with van der Waals surface area (Å²) in [5.74, 6) is -0.382. The molecule has 4 heteroatoms. The van der Waals surface area contributed by atoms with Gasteiger partial charge >= 0.3 is 0 Å². The highest BCUT2D eigenvalue weighted by Gasteiger charge is 2.19. The van der Waals surface area contributed by atoms with Gasteiger partial charge < -0.3 is 0 Å². The number of carbonyl (C=O) groups is 1. The second kappa shape index (κ2) is 6.35. The van der Waals surface area contributed by atoms with Gasteiger partial charge in [-0.15, -0.1) is 0 Å². The molecule has 0 aliphatic rings. The van der Waals surface area contributed by atoms with Crippen molar-refractivity contribution in [1.29, 1.82) is 0 Å². The van der Waals surface area contributed by atoms with E-state index in [1.54, 1.807) is 10.9 Å². The van der Waals surface area contributed by atoms with Crippen LogP contribution in [-0.2, 0) is 0 Å². The van der Waals surface area contributed by atoms with Crippen molar-refractivity contribution in [3.05, 3.63) is 90.0 Å². The molecule has 0 saturated carbocycles. The zero-order valence-electron chi connectivity index (χ0n) is 11.9. The topological polar surface area (TPSA) is 34.9 Å². The highest BCUT2D eigenvalue weighted by Crippen LogP contribution is 2.23. The van der Waals surface area contributed by atoms with Crippen LogP contribution in [0.3, 0.4) is 0 Å². The van der Waals surface area contributed by atoms with E-state index >= 15 is 0 Å². The van der Waals surface area contributed by atoms with Gasteiger partial charge in [0.2, 0.25) is 0 Å². The van der Waals surface area contributed by atoms with Gasteiger partial charge in [0.25, 0.3) is 0 Å². The van der Waals surface area contributed by atoms with Gasteiger partial charge in [0.05, 0.1) is 6.04 Å². The number of ketones is 1. The lowest BCUT2D eigenvalue weighted by Crippen LogP contribution is -2.16. The Kier molecular flexibility index (Phi) is 4.10. The van der Waals surface area contributed by atoms with E-state index in [1.165, 1.54) is 24.3 Å². The molecule has 0 aliphatic carbocycles. The van der Waals surface area contributed by atoms with Gasteiger partial charge in [0, 0.05) is 24.4 Å². The number of halogens is 1. The lowest BCUT2D eigenvalue weighted by atomic mass is 9.98. The second-order valence-electron chi connectivity index (χ2n) is 5.05. The third-order valence-corrected chi connectivity index (χ3v) is 3.57. The summed E-state index contributed by atoms with van der Waals surface area (Å²) in [6.07, 6.45) is 3.81. The molecule has 0 aliphatic heterocycles. The van der Waals surface area contributed by atoms with Crippen molar-refractivity contribution in [3.8, 4) is 0 Å². The fourth-order valence-electron chi connectivity index (χ4n) is 2.43. The zero-order chi connectivity index (χ0) is 15.4. The highest BCUT2D eigenvalue weighted by molar-refractivity contribution is 5.96. The molecule has 0 bridgehead atoms. The first kappa shape index (κ1) is 14.2. The van der Waals surface area contributed by atoms with Gasteiger partial charge in [-0.1, -0.05) is 30.3 Å². The summed E-state index contributed by atoms with van der Waals surface area (Å²) in [5, 5.41) is 4.26. The Labute approximate surface area is 128 Å². The van der Waals surface area contributed by atoms with Crippen LogP contribution >= 0.6 is 0 Å². The van der Waals surface area contributed by atoms with Gasteiger partial charge in [0.15, 0.2) is 5.78 Å². The first-order chi connectivity index (χ1) is 10.7. The van der Waals surface area contributed by atoms with Crippen molar-refractivity contribution < 1.29 is 9.18 Å². The minimum Gasteiger partial charge on any atom is -0.294 e. The number of carbonyl (C=O) groups excluding carboxylic acids is 1. The Bertz CT molecular complexity index is 737. The Morgan fingerprint density at radius 1 is 1.05 bits per heavy atom. The summed E-state index contributed by atoms with van der Waals surface area (Å²) >= 11 is 0. The van der Waals surface area contributed by atoms with Crippen LogP contribution in [0.4, 0.5) is 4.39 Å². The summed E-state index contributed by atoms with van der Waals surface area (Å²) < 4.78 is 14.7. The smallest absolute Gasteiger partial charge is 0.165 e. The quantitative estimate of drug-likeness (QED) is 0.669. The van der Waals surface area contributed by atoms with Crippen LogP contribution < -0.4 is 0 Å². The fourth-order valence-corrected chi connectivity index (χ4v) is 2.43. The van der Waals surface area contributed by atoms with E-state index in [1.807, 2.05) is 42.6 Å². The molecule has 0 saturated heterocycles. The molecular formula is C18H15FN2O. The van der Waals surface area contributed by atoms with E-state index in [0.29, 0.717) is 5.56 Å². The van der Waals surface area contributed by atoms with Crippen LogP contribution in [0, 0.1) is 5.82 Å². The number of hydrogen-bond donors (Lipinski definition) is 0. The fraction of sp³-hybridized carbons (Fsp3) is 0.111. The monoisotopic (exact) mass is 294 g/mol. The second-order valence-corrected chi connectivity index (χ2v) is 5.05. The summed E-state index contributed by atoms with van der Waals surface area (Å²) in [6, 6.07) is 17.1. The first-order valence-electron chi connectivity index (χ1n) is 7.07. The van der Waals surface area contributed by atoms with Gasteiger partial charge in [-0.25, -0.2) is 4.39 Å². The minimum atomic E-state index is -0.344. The van der Waals surface area contributed by atoms with E-state index < -0.39 is 0 Å². The van der Waals surface area contributed by atoms with Crippen molar-refractivity contribution in [2.75, 3.05) is 0 Å². The normalized spacial score (nSPS) is 12.0. The van der Waals surface area contributed by atoms with E-state index in [2.05, 4.69) is 5.10 Å². The van der Waals surface area contributed by atoms with Crippen LogP contribution in [-0.4, -0.2) is 15.6 Å². The molecular weight excluding hydrogens is 279 g/mol. The molecule has 3 aromatic rings. The van der Waals surface area contributed by atoms with Crippen molar-refractivity contribution >= 4 is 5.78 Å². The average molecular weight is 294 g/mol. The van der Waals surface area contributed by atoms with Crippen LogP contribution in [0.2, 0.25) is 0 Å². The van der Waals surface area contributed by atoms with Gasteiger partial charge in [-0.3, -0.25) is 9.48 Å². The molecule has 22 heavy (non-hydrogen) atoms. The van der Waals surface area contributed by atoms with Crippen molar-refractivity contribution in [2.24, 2.45) is 0 Å². The van der Waals surface area contributed by atoms with E-state index in [9.17, 15) is 9.18 Å². The van der Waals surface area contributed by atoms with E-state index in [4.69, 9.17) is 0 Å². The van der Waals surface area contributed by atoms with E-state index in [0.717, 1.165) is 5.56 Å². The number of benzene rings is 2. The molecule has 3 nitrogen and oxygen atoms in total. The van der Waals surface area contributed by atoms with Crippen molar-refractivity contribution in [1.82, 2.24) is 9.78 Å². The van der Waals surface area contributed by atoms with Crippen LogP contribution in [0.5, 0.6) is 0 Å². The maximum absolute atomic E-state index is 13.0. The van der Waals surface area contributed by atoms with Crippen LogP contribution in [0.15, 0.2) is 73.1 Å². The largest absolute Gasteiger partial charge is 0.294 e. The summed E-state index contributed by atoms with van der Waals surface area (Å²) in [4.78, 5) is 12.5. The molecule has 0 fully saturated rings. The third-order valence-electron chi connectivity index (χ3n) is 3.57. The Morgan fingerprint density at radius 3 is 2.41 bits per heavy atom. The molecule has 0 N–H and O–H groups in total. The van der Waals surface area contributed by atoms with Crippen LogP contribution in [0.25, 0.3) is 0 Å².